The van der Waals surface area contributed by atoms with Crippen LogP contribution in [-0.2, 0) is 0 Å². The van der Waals surface area contributed by atoms with E-state index in [4.69, 9.17) is 4.74 Å². The highest BCUT2D eigenvalue weighted by Gasteiger charge is 2.14. The summed E-state index contributed by atoms with van der Waals surface area (Å²) < 4.78 is 5.72. The van der Waals surface area contributed by atoms with E-state index >= 15 is 0 Å². The van der Waals surface area contributed by atoms with Crippen molar-refractivity contribution in [3.8, 4) is 17.1 Å². The average molecular weight is 320 g/mol. The van der Waals surface area contributed by atoms with Crippen molar-refractivity contribution in [2.45, 2.75) is 19.8 Å². The summed E-state index contributed by atoms with van der Waals surface area (Å²) in [5.74, 6) is 0.617. The smallest absolute Gasteiger partial charge is 0.316 e. The standard InChI is InChI=1S/C17H21N3O.ClH/c1-13-4-2-3-5-16(13)15-10-19-17(20-11-15)21-12-14-6-8-18-9-7-14;/h2-5,10-11,14,18H,6-9,12H2,1H3;1H. The lowest BCUT2D eigenvalue weighted by atomic mass is 9.99. The van der Waals surface area contributed by atoms with Crippen molar-refractivity contribution >= 4 is 12.4 Å². The predicted molar refractivity (Wildman–Crippen MR) is 90.5 cm³/mol. The Morgan fingerprint density at radius 2 is 1.82 bits per heavy atom. The largest absolute Gasteiger partial charge is 0.463 e. The quantitative estimate of drug-likeness (QED) is 0.939. The van der Waals surface area contributed by atoms with E-state index in [1.807, 2.05) is 24.5 Å². The fraction of sp³-hybridized carbons (Fsp3) is 0.412. The number of piperidine rings is 1. The van der Waals surface area contributed by atoms with Gasteiger partial charge in [0.1, 0.15) is 0 Å². The van der Waals surface area contributed by atoms with E-state index in [1.165, 1.54) is 24.0 Å². The zero-order valence-corrected chi connectivity index (χ0v) is 13.6. The third-order valence-corrected chi connectivity index (χ3v) is 3.99. The highest BCUT2D eigenvalue weighted by molar-refractivity contribution is 5.85. The maximum absolute atomic E-state index is 5.72. The monoisotopic (exact) mass is 319 g/mol. The number of hydrogen-bond acceptors (Lipinski definition) is 4. The highest BCUT2D eigenvalue weighted by Crippen LogP contribution is 2.22. The van der Waals surface area contributed by atoms with Gasteiger partial charge in [0.05, 0.1) is 6.61 Å². The molecule has 22 heavy (non-hydrogen) atoms. The van der Waals surface area contributed by atoms with Crippen molar-refractivity contribution in [2.24, 2.45) is 5.92 Å². The number of benzene rings is 1. The van der Waals surface area contributed by atoms with Gasteiger partial charge in [0, 0.05) is 18.0 Å². The van der Waals surface area contributed by atoms with Gasteiger partial charge >= 0.3 is 6.01 Å². The van der Waals surface area contributed by atoms with Gasteiger partial charge < -0.3 is 10.1 Å². The molecule has 5 heteroatoms. The number of halogens is 1. The summed E-state index contributed by atoms with van der Waals surface area (Å²) in [6, 6.07) is 8.73. The summed E-state index contributed by atoms with van der Waals surface area (Å²) in [4.78, 5) is 8.66. The SMILES string of the molecule is Cc1ccccc1-c1cnc(OCC2CCNCC2)nc1.Cl. The van der Waals surface area contributed by atoms with Gasteiger partial charge in [-0.1, -0.05) is 24.3 Å². The molecule has 0 aliphatic carbocycles. The molecule has 3 rings (SSSR count). The molecule has 0 radical (unpaired) electrons. The van der Waals surface area contributed by atoms with Crippen LogP contribution in [0, 0.1) is 12.8 Å². The summed E-state index contributed by atoms with van der Waals surface area (Å²) in [6.45, 7) is 4.98. The summed E-state index contributed by atoms with van der Waals surface area (Å²) >= 11 is 0. The first-order valence-corrected chi connectivity index (χ1v) is 7.54. The van der Waals surface area contributed by atoms with Gasteiger partial charge in [-0.2, -0.15) is 0 Å². The van der Waals surface area contributed by atoms with Crippen LogP contribution in [0.25, 0.3) is 11.1 Å². The molecule has 118 valence electrons. The van der Waals surface area contributed by atoms with E-state index in [0.717, 1.165) is 18.7 Å². The first-order chi connectivity index (χ1) is 10.3. The van der Waals surface area contributed by atoms with E-state index in [1.54, 1.807) is 0 Å². The second-order valence-corrected chi connectivity index (χ2v) is 5.57. The normalized spacial score (nSPS) is 15.1. The second-order valence-electron chi connectivity index (χ2n) is 5.57. The maximum Gasteiger partial charge on any atom is 0.316 e. The third kappa shape index (κ3) is 4.18. The Labute approximate surface area is 137 Å². The number of rotatable bonds is 4. The van der Waals surface area contributed by atoms with E-state index in [2.05, 4.69) is 34.3 Å². The summed E-state index contributed by atoms with van der Waals surface area (Å²) in [6.07, 6.45) is 6.02. The van der Waals surface area contributed by atoms with Gasteiger partial charge in [-0.05, 0) is 49.9 Å². The molecule has 2 aromatic rings. The molecule has 0 spiro atoms. The van der Waals surface area contributed by atoms with Crippen molar-refractivity contribution in [3.05, 3.63) is 42.2 Å². The molecule has 0 bridgehead atoms. The van der Waals surface area contributed by atoms with E-state index in [-0.39, 0.29) is 12.4 Å². The molecule has 1 aromatic heterocycles. The van der Waals surface area contributed by atoms with Crippen molar-refractivity contribution in [1.82, 2.24) is 15.3 Å². The lowest BCUT2D eigenvalue weighted by Crippen LogP contribution is -2.30. The Kier molecular flexibility index (Phi) is 6.16. The molecule has 1 aliphatic heterocycles. The number of aryl methyl sites for hydroxylation is 1. The molecular formula is C17H22ClN3O. The van der Waals surface area contributed by atoms with Gasteiger partial charge in [-0.15, -0.1) is 12.4 Å². The second kappa shape index (κ2) is 8.11. The summed E-state index contributed by atoms with van der Waals surface area (Å²) in [5.41, 5.74) is 3.43. The molecule has 0 unspecified atom stereocenters. The van der Waals surface area contributed by atoms with Crippen molar-refractivity contribution in [2.75, 3.05) is 19.7 Å². The molecule has 0 atom stereocenters. The Morgan fingerprint density at radius 3 is 2.50 bits per heavy atom. The molecule has 0 amide bonds. The van der Waals surface area contributed by atoms with Crippen LogP contribution in [0.3, 0.4) is 0 Å². The number of nitrogens with zero attached hydrogens (tertiary/aromatic N) is 2. The van der Waals surface area contributed by atoms with Crippen molar-refractivity contribution < 1.29 is 4.74 Å². The van der Waals surface area contributed by atoms with Crippen LogP contribution in [0.1, 0.15) is 18.4 Å². The predicted octanol–water partition coefficient (Wildman–Crippen LogP) is 3.25. The number of ether oxygens (including phenoxy) is 1. The van der Waals surface area contributed by atoms with Crippen LogP contribution in [-0.4, -0.2) is 29.7 Å². The van der Waals surface area contributed by atoms with Crippen LogP contribution in [0.2, 0.25) is 0 Å². The average Bonchev–Trinajstić information content (AvgIpc) is 2.55. The Bertz CT molecular complexity index is 583. The topological polar surface area (TPSA) is 47.0 Å². The van der Waals surface area contributed by atoms with Gasteiger partial charge in [0.2, 0.25) is 0 Å². The van der Waals surface area contributed by atoms with E-state index in [9.17, 15) is 0 Å². The van der Waals surface area contributed by atoms with Crippen molar-refractivity contribution in [3.63, 3.8) is 0 Å². The molecule has 4 nitrogen and oxygen atoms in total. The maximum atomic E-state index is 5.72. The van der Waals surface area contributed by atoms with Crippen LogP contribution in [0.4, 0.5) is 0 Å². The van der Waals surface area contributed by atoms with Gasteiger partial charge in [-0.25, -0.2) is 9.97 Å². The molecule has 1 saturated heterocycles. The number of hydrogen-bond donors (Lipinski definition) is 1. The molecule has 0 saturated carbocycles. The minimum Gasteiger partial charge on any atom is -0.463 e. The molecule has 1 fully saturated rings. The zero-order chi connectivity index (χ0) is 14.5. The van der Waals surface area contributed by atoms with Crippen LogP contribution >= 0.6 is 12.4 Å². The van der Waals surface area contributed by atoms with Gasteiger partial charge in [0.15, 0.2) is 0 Å². The van der Waals surface area contributed by atoms with Gasteiger partial charge in [-0.3, -0.25) is 0 Å². The van der Waals surface area contributed by atoms with Crippen LogP contribution in [0.15, 0.2) is 36.7 Å². The lowest BCUT2D eigenvalue weighted by molar-refractivity contribution is 0.202. The summed E-state index contributed by atoms with van der Waals surface area (Å²) in [7, 11) is 0. The first-order valence-electron chi connectivity index (χ1n) is 7.54. The molecule has 2 heterocycles. The first kappa shape index (κ1) is 16.7. The third-order valence-electron chi connectivity index (χ3n) is 3.99. The van der Waals surface area contributed by atoms with Crippen LogP contribution in [0.5, 0.6) is 6.01 Å². The van der Waals surface area contributed by atoms with E-state index < -0.39 is 0 Å². The highest BCUT2D eigenvalue weighted by atomic mass is 35.5. The zero-order valence-electron chi connectivity index (χ0n) is 12.8. The Morgan fingerprint density at radius 1 is 1.14 bits per heavy atom. The molecule has 1 N–H and O–H groups in total. The molecular weight excluding hydrogens is 298 g/mol. The fourth-order valence-electron chi connectivity index (χ4n) is 2.67. The summed E-state index contributed by atoms with van der Waals surface area (Å²) in [5, 5.41) is 3.36. The number of aromatic nitrogens is 2. The van der Waals surface area contributed by atoms with Crippen molar-refractivity contribution in [1.29, 1.82) is 0 Å². The molecule has 1 aromatic carbocycles. The van der Waals surface area contributed by atoms with Gasteiger partial charge in [0.25, 0.3) is 0 Å². The Balaban J connectivity index is 0.00000176. The molecule has 1 aliphatic rings. The minimum atomic E-state index is 0. The van der Waals surface area contributed by atoms with E-state index in [0.29, 0.717) is 18.5 Å². The fourth-order valence-corrected chi connectivity index (χ4v) is 2.67. The van der Waals surface area contributed by atoms with Crippen LogP contribution < -0.4 is 10.1 Å². The Hall–Kier alpha value is -1.65. The lowest BCUT2D eigenvalue weighted by Gasteiger charge is -2.21. The number of nitrogens with one attached hydrogen (secondary N) is 1. The minimum absolute atomic E-state index is 0.